The second-order valence-corrected chi connectivity index (χ2v) is 2.10. The van der Waals surface area contributed by atoms with Crippen molar-refractivity contribution in [3.63, 3.8) is 0 Å². The van der Waals surface area contributed by atoms with Gasteiger partial charge in [0.1, 0.15) is 0 Å². The van der Waals surface area contributed by atoms with E-state index in [-0.39, 0.29) is 5.78 Å². The molecule has 0 spiro atoms. The van der Waals surface area contributed by atoms with Gasteiger partial charge in [-0.3, -0.25) is 9.79 Å². The molecule has 3 nitrogen and oxygen atoms in total. The van der Waals surface area contributed by atoms with Crippen molar-refractivity contribution in [3.05, 3.63) is 12.3 Å². The topological polar surface area (TPSA) is 38.7 Å². The second-order valence-electron chi connectivity index (χ2n) is 2.10. The smallest absolute Gasteiger partial charge is 0.191 e. The van der Waals surface area contributed by atoms with Gasteiger partial charge in [-0.25, -0.2) is 0 Å². The Morgan fingerprint density at radius 1 is 1.70 bits per heavy atom. The third-order valence-corrected chi connectivity index (χ3v) is 1.39. The van der Waals surface area contributed by atoms with Gasteiger partial charge in [-0.1, -0.05) is 0 Å². The van der Waals surface area contributed by atoms with Gasteiger partial charge in [0.2, 0.25) is 0 Å². The van der Waals surface area contributed by atoms with Gasteiger partial charge in [0.15, 0.2) is 11.9 Å². The van der Waals surface area contributed by atoms with Crippen molar-refractivity contribution in [1.82, 2.24) is 0 Å². The molecule has 0 aliphatic carbocycles. The van der Waals surface area contributed by atoms with Crippen LogP contribution in [-0.4, -0.2) is 24.7 Å². The molecule has 54 valence electrons. The average molecular weight is 139 g/mol. The fraction of sp³-hybridized carbons (Fsp3) is 0.429. The van der Waals surface area contributed by atoms with Crippen molar-refractivity contribution in [3.8, 4) is 0 Å². The molecule has 10 heavy (non-hydrogen) atoms. The molecule has 0 aromatic heterocycles. The summed E-state index contributed by atoms with van der Waals surface area (Å²) in [6.45, 7) is 1.77. The lowest BCUT2D eigenvalue weighted by Crippen LogP contribution is -2.30. The highest BCUT2D eigenvalue weighted by Crippen LogP contribution is 2.03. The summed E-state index contributed by atoms with van der Waals surface area (Å²) in [6.07, 6.45) is 2.46. The van der Waals surface area contributed by atoms with Gasteiger partial charge >= 0.3 is 0 Å². The van der Waals surface area contributed by atoms with E-state index in [1.165, 1.54) is 19.4 Å². The van der Waals surface area contributed by atoms with E-state index in [0.29, 0.717) is 0 Å². The third kappa shape index (κ3) is 1.14. The second kappa shape index (κ2) is 2.75. The Kier molecular flexibility index (Phi) is 1.97. The maximum absolute atomic E-state index is 10.9. The van der Waals surface area contributed by atoms with Gasteiger partial charge in [-0.15, -0.1) is 0 Å². The lowest BCUT2D eigenvalue weighted by atomic mass is 10.1. The summed E-state index contributed by atoms with van der Waals surface area (Å²) in [5.41, 5.74) is 0.718. The number of carbonyl (C=O) groups is 1. The summed E-state index contributed by atoms with van der Waals surface area (Å²) in [6, 6.07) is 0. The summed E-state index contributed by atoms with van der Waals surface area (Å²) >= 11 is 0. The standard InChI is InChI=1S/C7H9NO2/c1-5-7(10-2)6(9)3-4-8-5/h3-4,7H,1-2H3. The molecular weight excluding hydrogens is 130 g/mol. The van der Waals surface area contributed by atoms with Crippen molar-refractivity contribution in [2.75, 3.05) is 7.11 Å². The molecule has 0 fully saturated rings. The van der Waals surface area contributed by atoms with Gasteiger partial charge in [0.05, 0.1) is 5.71 Å². The largest absolute Gasteiger partial charge is 0.367 e. The number of ketones is 1. The van der Waals surface area contributed by atoms with Crippen molar-refractivity contribution in [1.29, 1.82) is 0 Å². The molecule has 1 rings (SSSR count). The predicted octanol–water partition coefficient (Wildman–Crippen LogP) is 0.559. The maximum atomic E-state index is 10.9. The highest BCUT2D eigenvalue weighted by molar-refractivity contribution is 6.13. The van der Waals surface area contributed by atoms with E-state index in [9.17, 15) is 4.79 Å². The zero-order valence-corrected chi connectivity index (χ0v) is 6.00. The number of aliphatic imine (C=N–C) groups is 1. The summed E-state index contributed by atoms with van der Waals surface area (Å²) in [5.74, 6) is -0.0324. The first-order valence-corrected chi connectivity index (χ1v) is 3.03. The fourth-order valence-corrected chi connectivity index (χ4v) is 0.876. The minimum Gasteiger partial charge on any atom is -0.367 e. The van der Waals surface area contributed by atoms with Crippen molar-refractivity contribution in [2.24, 2.45) is 4.99 Å². The Hall–Kier alpha value is -0.960. The van der Waals surface area contributed by atoms with Crippen LogP contribution in [0.1, 0.15) is 6.92 Å². The third-order valence-electron chi connectivity index (χ3n) is 1.39. The molecule has 0 amide bonds. The van der Waals surface area contributed by atoms with E-state index < -0.39 is 6.10 Å². The van der Waals surface area contributed by atoms with Crippen LogP contribution >= 0.6 is 0 Å². The molecule has 1 unspecified atom stereocenters. The molecule has 1 aliphatic heterocycles. The van der Waals surface area contributed by atoms with Crippen LogP contribution in [0.15, 0.2) is 17.3 Å². The summed E-state index contributed by atoms with van der Waals surface area (Å²) in [5, 5.41) is 0. The van der Waals surface area contributed by atoms with Gasteiger partial charge in [-0.05, 0) is 6.92 Å². The molecule has 1 heterocycles. The molecule has 0 saturated carbocycles. The van der Waals surface area contributed by atoms with Crippen LogP contribution in [0.4, 0.5) is 0 Å². The van der Waals surface area contributed by atoms with Crippen molar-refractivity contribution < 1.29 is 9.53 Å². The monoisotopic (exact) mass is 139 g/mol. The molecule has 0 saturated heterocycles. The minimum absolute atomic E-state index is 0.0324. The van der Waals surface area contributed by atoms with Crippen LogP contribution in [-0.2, 0) is 9.53 Å². The van der Waals surface area contributed by atoms with Crippen LogP contribution < -0.4 is 0 Å². The highest BCUT2D eigenvalue weighted by Gasteiger charge is 2.20. The van der Waals surface area contributed by atoms with E-state index in [0.717, 1.165) is 5.71 Å². The molecule has 0 radical (unpaired) electrons. The summed E-state index contributed by atoms with van der Waals surface area (Å²) in [7, 11) is 1.50. The number of hydrogen-bond acceptors (Lipinski definition) is 3. The summed E-state index contributed by atoms with van der Waals surface area (Å²) in [4.78, 5) is 14.9. The number of methoxy groups -OCH3 is 1. The van der Waals surface area contributed by atoms with Gasteiger partial charge in [0, 0.05) is 19.4 Å². The number of nitrogens with zero attached hydrogens (tertiary/aromatic N) is 1. The molecule has 1 aliphatic rings. The van der Waals surface area contributed by atoms with Crippen molar-refractivity contribution in [2.45, 2.75) is 13.0 Å². The van der Waals surface area contributed by atoms with Gasteiger partial charge < -0.3 is 4.74 Å². The van der Waals surface area contributed by atoms with E-state index in [1.807, 2.05) is 0 Å². The Balaban J connectivity index is 2.81. The zero-order valence-electron chi connectivity index (χ0n) is 6.00. The maximum Gasteiger partial charge on any atom is 0.191 e. The Bertz CT molecular complexity index is 206. The fourth-order valence-electron chi connectivity index (χ4n) is 0.876. The van der Waals surface area contributed by atoms with Crippen LogP contribution in [0.5, 0.6) is 0 Å². The molecule has 0 aromatic carbocycles. The normalized spacial score (nSPS) is 24.8. The van der Waals surface area contributed by atoms with Crippen LogP contribution in [0.3, 0.4) is 0 Å². The van der Waals surface area contributed by atoms with E-state index in [1.54, 1.807) is 6.92 Å². The first-order chi connectivity index (χ1) is 4.75. The van der Waals surface area contributed by atoms with E-state index in [4.69, 9.17) is 4.74 Å². The predicted molar refractivity (Wildman–Crippen MR) is 38.1 cm³/mol. The SMILES string of the molecule is COC1C(=O)C=CN=C1C. The molecule has 0 N–H and O–H groups in total. The molecule has 0 aromatic rings. The highest BCUT2D eigenvalue weighted by atomic mass is 16.5. The Labute approximate surface area is 59.4 Å². The quantitative estimate of drug-likeness (QED) is 0.532. The van der Waals surface area contributed by atoms with Crippen molar-refractivity contribution >= 4 is 11.5 Å². The molecule has 3 heteroatoms. The zero-order chi connectivity index (χ0) is 7.56. The van der Waals surface area contributed by atoms with Gasteiger partial charge in [0.25, 0.3) is 0 Å². The Morgan fingerprint density at radius 3 is 2.80 bits per heavy atom. The summed E-state index contributed by atoms with van der Waals surface area (Å²) < 4.78 is 4.88. The van der Waals surface area contributed by atoms with Crippen LogP contribution in [0, 0.1) is 0 Å². The molecule has 0 bridgehead atoms. The lowest BCUT2D eigenvalue weighted by molar-refractivity contribution is -0.120. The number of ether oxygens (including phenoxy) is 1. The first kappa shape index (κ1) is 7.15. The van der Waals surface area contributed by atoms with Crippen LogP contribution in [0.2, 0.25) is 0 Å². The first-order valence-electron chi connectivity index (χ1n) is 3.03. The van der Waals surface area contributed by atoms with E-state index >= 15 is 0 Å². The minimum atomic E-state index is -0.454. The Morgan fingerprint density at radius 2 is 2.40 bits per heavy atom. The number of carbonyl (C=O) groups excluding carboxylic acids is 1. The van der Waals surface area contributed by atoms with E-state index in [2.05, 4.69) is 4.99 Å². The number of hydrogen-bond donors (Lipinski definition) is 0. The van der Waals surface area contributed by atoms with Gasteiger partial charge in [-0.2, -0.15) is 0 Å². The molecule has 1 atom stereocenters. The average Bonchev–Trinajstić information content (AvgIpc) is 1.88. The molecular formula is C7H9NO2. The van der Waals surface area contributed by atoms with Crippen LogP contribution in [0.25, 0.3) is 0 Å². The number of rotatable bonds is 1. The lowest BCUT2D eigenvalue weighted by Gasteiger charge is -2.13.